The van der Waals surface area contributed by atoms with E-state index in [2.05, 4.69) is 22.2 Å². The van der Waals surface area contributed by atoms with Crippen LogP contribution in [0.15, 0.2) is 54.7 Å². The van der Waals surface area contributed by atoms with Crippen LogP contribution in [0, 0.1) is 0 Å². The molecule has 1 aliphatic rings. The summed E-state index contributed by atoms with van der Waals surface area (Å²) in [6.45, 7) is 3.82. The van der Waals surface area contributed by atoms with Crippen LogP contribution in [0.25, 0.3) is 11.3 Å². The monoisotopic (exact) mass is 368 g/mol. The molecule has 9 heteroatoms. The maximum Gasteiger partial charge on any atom is 0.436 e. The topological polar surface area (TPSA) is 52.0 Å². The van der Waals surface area contributed by atoms with Gasteiger partial charge in [-0.3, -0.25) is 0 Å². The van der Waals surface area contributed by atoms with Crippen LogP contribution in [0.5, 0.6) is 0 Å². The second-order valence-corrected chi connectivity index (χ2v) is 5.58. The Kier molecular flexibility index (Phi) is 4.30. The Hall–Kier alpha value is -2.74. The number of hydrogen-bond donors (Lipinski definition) is 1. The van der Waals surface area contributed by atoms with Gasteiger partial charge in [-0.05, 0) is 24.3 Å². The smallest absolute Gasteiger partial charge is 0.436 e. The molecule has 0 unspecified atom stereocenters. The number of halogens is 4. The van der Waals surface area contributed by atoms with Crippen molar-refractivity contribution in [3.8, 4) is 5.69 Å². The minimum absolute atomic E-state index is 0.372. The Bertz CT molecular complexity index is 899. The van der Waals surface area contributed by atoms with Crippen LogP contribution >= 0.6 is 11.6 Å². The van der Waals surface area contributed by atoms with Crippen LogP contribution in [-0.2, 0) is 10.9 Å². The Morgan fingerprint density at radius 1 is 1.32 bits per heavy atom. The molecule has 0 radical (unpaired) electrons. The van der Waals surface area contributed by atoms with Crippen molar-refractivity contribution in [3.05, 3.63) is 71.0 Å². The molecule has 0 saturated carbocycles. The molecule has 0 amide bonds. The van der Waals surface area contributed by atoms with Crippen molar-refractivity contribution >= 4 is 17.2 Å². The molecule has 1 N–H and O–H groups in total. The second kappa shape index (κ2) is 6.29. The van der Waals surface area contributed by atoms with Crippen molar-refractivity contribution in [2.24, 2.45) is 0 Å². The zero-order valence-electron chi connectivity index (χ0n) is 12.9. The number of rotatable bonds is 3. The standard InChI is InChI=1S/C16H12ClF3N4O/c1-9-5-12(14(25-2)7-21-9)11-6-10(17)3-4-13(11)24-8-15(22-23-24)16(18,19)20/h3-8,21H,1H2,2H3. The highest BCUT2D eigenvalue weighted by molar-refractivity contribution is 6.30. The number of allylic oxidation sites excluding steroid dienone is 2. The molecule has 1 aromatic heterocycles. The van der Waals surface area contributed by atoms with Crippen molar-refractivity contribution in [1.82, 2.24) is 20.3 Å². The van der Waals surface area contributed by atoms with E-state index in [4.69, 9.17) is 16.3 Å². The lowest BCUT2D eigenvalue weighted by Crippen LogP contribution is -2.12. The van der Waals surface area contributed by atoms with E-state index in [-0.39, 0.29) is 0 Å². The first-order valence-electron chi connectivity index (χ1n) is 7.01. The van der Waals surface area contributed by atoms with Gasteiger partial charge in [-0.1, -0.05) is 23.4 Å². The zero-order valence-corrected chi connectivity index (χ0v) is 13.7. The first-order chi connectivity index (χ1) is 11.8. The van der Waals surface area contributed by atoms with Gasteiger partial charge in [0.05, 0.1) is 19.0 Å². The quantitative estimate of drug-likeness (QED) is 0.892. The summed E-state index contributed by atoms with van der Waals surface area (Å²) in [6.07, 6.45) is -0.454. The van der Waals surface area contributed by atoms with Crippen molar-refractivity contribution in [3.63, 3.8) is 0 Å². The van der Waals surface area contributed by atoms with E-state index in [1.807, 2.05) is 0 Å². The van der Waals surface area contributed by atoms with Gasteiger partial charge in [-0.2, -0.15) is 13.2 Å². The molecule has 0 atom stereocenters. The van der Waals surface area contributed by atoms with Crippen LogP contribution < -0.4 is 5.32 Å². The molecule has 0 fully saturated rings. The van der Waals surface area contributed by atoms with Gasteiger partial charge in [-0.15, -0.1) is 5.10 Å². The predicted octanol–water partition coefficient (Wildman–Crippen LogP) is 3.93. The fraction of sp³-hybridized carbons (Fsp3) is 0.125. The lowest BCUT2D eigenvalue weighted by molar-refractivity contribution is -0.141. The molecular formula is C16H12ClF3N4O. The molecule has 2 heterocycles. The largest absolute Gasteiger partial charge is 0.495 e. The van der Waals surface area contributed by atoms with Crippen molar-refractivity contribution in [1.29, 1.82) is 0 Å². The molecule has 5 nitrogen and oxygen atoms in total. The van der Waals surface area contributed by atoms with E-state index >= 15 is 0 Å². The summed E-state index contributed by atoms with van der Waals surface area (Å²) in [5, 5.41) is 10.1. The highest BCUT2D eigenvalue weighted by atomic mass is 35.5. The number of hydrogen-bond acceptors (Lipinski definition) is 4. The van der Waals surface area contributed by atoms with Gasteiger partial charge in [0.25, 0.3) is 0 Å². The summed E-state index contributed by atoms with van der Waals surface area (Å²) in [6, 6.07) is 4.73. The van der Waals surface area contributed by atoms with Gasteiger partial charge in [0, 0.05) is 28.1 Å². The SMILES string of the molecule is C=C1C=C(c2cc(Cl)ccc2-n2cc(C(F)(F)F)nn2)C(OC)=CN1. The molecular weight excluding hydrogens is 357 g/mol. The van der Waals surface area contributed by atoms with Gasteiger partial charge < -0.3 is 10.1 Å². The maximum atomic E-state index is 12.8. The van der Waals surface area contributed by atoms with Crippen LogP contribution in [0.4, 0.5) is 13.2 Å². The molecule has 0 aliphatic carbocycles. The van der Waals surface area contributed by atoms with Crippen LogP contribution in [0.3, 0.4) is 0 Å². The normalized spacial score (nSPS) is 14.7. The predicted molar refractivity (Wildman–Crippen MR) is 86.7 cm³/mol. The lowest BCUT2D eigenvalue weighted by atomic mass is 9.99. The van der Waals surface area contributed by atoms with E-state index in [1.165, 1.54) is 7.11 Å². The number of methoxy groups -OCH3 is 1. The molecule has 25 heavy (non-hydrogen) atoms. The van der Waals surface area contributed by atoms with Gasteiger partial charge in [0.2, 0.25) is 0 Å². The second-order valence-electron chi connectivity index (χ2n) is 5.15. The third-order valence-electron chi connectivity index (χ3n) is 3.47. The van der Waals surface area contributed by atoms with Gasteiger partial charge in [-0.25, -0.2) is 4.68 Å². The maximum absolute atomic E-state index is 12.8. The Morgan fingerprint density at radius 3 is 2.72 bits per heavy atom. The average molecular weight is 369 g/mol. The Balaban J connectivity index is 2.15. The molecule has 1 aliphatic heterocycles. The molecule has 0 spiro atoms. The summed E-state index contributed by atoms with van der Waals surface area (Å²) >= 11 is 6.08. The van der Waals surface area contributed by atoms with Crippen molar-refractivity contribution in [2.45, 2.75) is 6.18 Å². The molecule has 0 saturated heterocycles. The molecule has 2 aromatic rings. The zero-order chi connectivity index (χ0) is 18.2. The molecule has 0 bridgehead atoms. The van der Waals surface area contributed by atoms with Gasteiger partial charge in [0.1, 0.15) is 5.76 Å². The fourth-order valence-corrected chi connectivity index (χ4v) is 2.51. The van der Waals surface area contributed by atoms with Gasteiger partial charge in [0.15, 0.2) is 5.69 Å². The third-order valence-corrected chi connectivity index (χ3v) is 3.71. The summed E-state index contributed by atoms with van der Waals surface area (Å²) in [5.41, 5.74) is 1.02. The van der Waals surface area contributed by atoms with Crippen LogP contribution in [-0.4, -0.2) is 22.1 Å². The number of alkyl halides is 3. The fourth-order valence-electron chi connectivity index (χ4n) is 2.34. The highest BCUT2D eigenvalue weighted by Crippen LogP contribution is 2.34. The van der Waals surface area contributed by atoms with E-state index < -0.39 is 11.9 Å². The molecule has 130 valence electrons. The van der Waals surface area contributed by atoms with Crippen LogP contribution in [0.1, 0.15) is 11.3 Å². The molecule has 1 aromatic carbocycles. The number of benzene rings is 1. The van der Waals surface area contributed by atoms with E-state index in [1.54, 1.807) is 30.5 Å². The molecule has 3 rings (SSSR count). The van der Waals surface area contributed by atoms with Gasteiger partial charge >= 0.3 is 6.18 Å². The third kappa shape index (κ3) is 3.39. The minimum Gasteiger partial charge on any atom is -0.495 e. The number of nitrogens with one attached hydrogen (secondary N) is 1. The summed E-state index contributed by atoms with van der Waals surface area (Å²) in [4.78, 5) is 0. The van der Waals surface area contributed by atoms with Crippen molar-refractivity contribution in [2.75, 3.05) is 7.11 Å². The number of ether oxygens (including phenoxy) is 1. The number of aromatic nitrogens is 3. The highest BCUT2D eigenvalue weighted by Gasteiger charge is 2.34. The first-order valence-corrected chi connectivity index (χ1v) is 7.39. The number of dihydropyridines is 1. The minimum atomic E-state index is -4.58. The number of nitrogens with zero attached hydrogens (tertiary/aromatic N) is 3. The average Bonchev–Trinajstić information content (AvgIpc) is 3.05. The Labute approximate surface area is 146 Å². The van der Waals surface area contributed by atoms with E-state index in [9.17, 15) is 13.2 Å². The summed E-state index contributed by atoms with van der Waals surface area (Å²) in [7, 11) is 1.48. The Morgan fingerprint density at radius 2 is 2.08 bits per heavy atom. The first kappa shape index (κ1) is 17.1. The van der Waals surface area contributed by atoms with E-state index in [0.29, 0.717) is 33.3 Å². The van der Waals surface area contributed by atoms with Crippen LogP contribution in [0.2, 0.25) is 5.02 Å². The van der Waals surface area contributed by atoms with Crippen molar-refractivity contribution < 1.29 is 17.9 Å². The summed E-state index contributed by atoms with van der Waals surface area (Å²) in [5.74, 6) is 0.479. The lowest BCUT2D eigenvalue weighted by Gasteiger charge is -2.19. The van der Waals surface area contributed by atoms with E-state index in [0.717, 1.165) is 10.9 Å². The summed E-state index contributed by atoms with van der Waals surface area (Å²) < 4.78 is 44.8.